The first-order valence-corrected chi connectivity index (χ1v) is 6.69. The fourth-order valence-corrected chi connectivity index (χ4v) is 2.57. The van der Waals surface area contributed by atoms with Crippen LogP contribution in [0.15, 0.2) is 22.7 Å². The van der Waals surface area contributed by atoms with Gasteiger partial charge in [0.2, 0.25) is 0 Å². The van der Waals surface area contributed by atoms with Crippen LogP contribution in [0.4, 0.5) is 0 Å². The summed E-state index contributed by atoms with van der Waals surface area (Å²) in [4.78, 5) is 0. The van der Waals surface area contributed by atoms with Crippen molar-refractivity contribution in [1.82, 2.24) is 5.32 Å². The van der Waals surface area contributed by atoms with Gasteiger partial charge in [-0.15, -0.1) is 0 Å². The van der Waals surface area contributed by atoms with Crippen LogP contribution in [-0.4, -0.2) is 24.9 Å². The Bertz CT molecular complexity index is 378. The van der Waals surface area contributed by atoms with Crippen LogP contribution in [0, 0.1) is 5.92 Å². The Labute approximate surface area is 110 Å². The summed E-state index contributed by atoms with van der Waals surface area (Å²) in [6.45, 7) is 1.77. The third-order valence-electron chi connectivity index (χ3n) is 3.20. The third kappa shape index (κ3) is 3.44. The highest BCUT2D eigenvalue weighted by Gasteiger charge is 2.26. The molecule has 1 aliphatic rings. The number of rotatable bonds is 5. The lowest BCUT2D eigenvalue weighted by Crippen LogP contribution is -2.35. The normalized spacial score (nSPS) is 23.2. The van der Waals surface area contributed by atoms with Gasteiger partial charge in [0.05, 0.1) is 13.2 Å². The second kappa shape index (κ2) is 5.85. The van der Waals surface area contributed by atoms with Gasteiger partial charge in [-0.05, 0) is 43.5 Å². The number of halogens is 1. The van der Waals surface area contributed by atoms with Crippen LogP contribution < -0.4 is 10.1 Å². The van der Waals surface area contributed by atoms with Crippen molar-refractivity contribution in [2.75, 3.05) is 13.7 Å². The lowest BCUT2D eigenvalue weighted by molar-refractivity contribution is 0.0429. The lowest BCUT2D eigenvalue weighted by Gasteiger charge is -2.31. The van der Waals surface area contributed by atoms with Gasteiger partial charge >= 0.3 is 0 Å². The molecule has 2 N–H and O–H groups in total. The summed E-state index contributed by atoms with van der Waals surface area (Å²) >= 11 is 3.46. The molecule has 0 aromatic heterocycles. The Morgan fingerprint density at radius 2 is 2.24 bits per heavy atom. The molecule has 2 rings (SSSR count). The predicted octanol–water partition coefficient (Wildman–Crippen LogP) is 2.32. The van der Waals surface area contributed by atoms with Gasteiger partial charge in [-0.25, -0.2) is 0 Å². The summed E-state index contributed by atoms with van der Waals surface area (Å²) in [5.41, 5.74) is 1.15. The molecule has 3 nitrogen and oxygen atoms in total. The first-order valence-electron chi connectivity index (χ1n) is 5.90. The zero-order chi connectivity index (χ0) is 12.3. The minimum atomic E-state index is -0.0674. The molecule has 0 heterocycles. The van der Waals surface area contributed by atoms with Crippen LogP contribution in [0.5, 0.6) is 5.75 Å². The molecular weight excluding hydrogens is 282 g/mol. The smallest absolute Gasteiger partial charge is 0.123 e. The maximum atomic E-state index is 9.20. The molecule has 4 heteroatoms. The second-order valence-corrected chi connectivity index (χ2v) is 5.49. The molecule has 0 spiro atoms. The number of aliphatic hydroxyl groups excluding tert-OH is 1. The number of hydrogen-bond donors (Lipinski definition) is 2. The van der Waals surface area contributed by atoms with Crippen molar-refractivity contribution >= 4 is 15.9 Å². The molecule has 1 aromatic rings. The Morgan fingerprint density at radius 3 is 2.88 bits per heavy atom. The van der Waals surface area contributed by atoms with Crippen LogP contribution >= 0.6 is 15.9 Å². The Morgan fingerprint density at radius 1 is 1.47 bits per heavy atom. The molecule has 0 unspecified atom stereocenters. The van der Waals surface area contributed by atoms with E-state index in [0.29, 0.717) is 5.92 Å². The maximum absolute atomic E-state index is 9.20. The summed E-state index contributed by atoms with van der Waals surface area (Å²) in [7, 11) is 1.69. The van der Waals surface area contributed by atoms with Gasteiger partial charge in [-0.2, -0.15) is 0 Å². The predicted molar refractivity (Wildman–Crippen MR) is 71.1 cm³/mol. The number of ether oxygens (including phenoxy) is 1. The average Bonchev–Trinajstić information content (AvgIpc) is 2.27. The Hall–Kier alpha value is -0.580. The highest BCUT2D eigenvalue weighted by molar-refractivity contribution is 9.10. The van der Waals surface area contributed by atoms with Gasteiger partial charge in [-0.1, -0.05) is 15.9 Å². The van der Waals surface area contributed by atoms with Crippen molar-refractivity contribution in [3.05, 3.63) is 28.2 Å². The van der Waals surface area contributed by atoms with Gasteiger partial charge in [0.1, 0.15) is 5.75 Å². The minimum Gasteiger partial charge on any atom is -0.496 e. The van der Waals surface area contributed by atoms with Crippen LogP contribution in [0.3, 0.4) is 0 Å². The fraction of sp³-hybridized carbons (Fsp3) is 0.538. The Balaban J connectivity index is 1.83. The van der Waals surface area contributed by atoms with E-state index >= 15 is 0 Å². The molecule has 1 saturated carbocycles. The van der Waals surface area contributed by atoms with Crippen molar-refractivity contribution in [2.45, 2.75) is 25.5 Å². The van der Waals surface area contributed by atoms with Gasteiger partial charge in [0.25, 0.3) is 0 Å². The lowest BCUT2D eigenvalue weighted by atomic mass is 9.82. The minimum absolute atomic E-state index is 0.0674. The molecule has 0 saturated heterocycles. The quantitative estimate of drug-likeness (QED) is 0.877. The van der Waals surface area contributed by atoms with E-state index in [1.54, 1.807) is 7.11 Å². The number of aliphatic hydroxyl groups is 1. The first kappa shape index (κ1) is 12.9. The van der Waals surface area contributed by atoms with E-state index in [2.05, 4.69) is 27.3 Å². The third-order valence-corrected chi connectivity index (χ3v) is 3.69. The van der Waals surface area contributed by atoms with E-state index in [1.807, 2.05) is 12.1 Å². The number of benzene rings is 1. The SMILES string of the molecule is COc1ccc(Br)cc1CNCC1CC(O)C1. The summed E-state index contributed by atoms with van der Waals surface area (Å²) in [5, 5.41) is 12.6. The van der Waals surface area contributed by atoms with Gasteiger partial charge in [-0.3, -0.25) is 0 Å². The van der Waals surface area contributed by atoms with Crippen molar-refractivity contribution in [1.29, 1.82) is 0 Å². The molecular formula is C13H18BrNO2. The van der Waals surface area contributed by atoms with Crippen LogP contribution in [0.25, 0.3) is 0 Å². The fourth-order valence-electron chi connectivity index (χ4n) is 2.16. The largest absolute Gasteiger partial charge is 0.496 e. The Kier molecular flexibility index (Phi) is 4.42. The number of methoxy groups -OCH3 is 1. The molecule has 1 fully saturated rings. The van der Waals surface area contributed by atoms with Crippen molar-refractivity contribution in [2.24, 2.45) is 5.92 Å². The van der Waals surface area contributed by atoms with E-state index in [9.17, 15) is 5.11 Å². The van der Waals surface area contributed by atoms with Crippen LogP contribution in [0.1, 0.15) is 18.4 Å². The standard InChI is InChI=1S/C13H18BrNO2/c1-17-13-3-2-11(14)6-10(13)8-15-7-9-4-12(16)5-9/h2-3,6,9,12,15-16H,4-5,7-8H2,1H3. The van der Waals surface area contributed by atoms with E-state index in [1.165, 1.54) is 0 Å². The molecule has 17 heavy (non-hydrogen) atoms. The second-order valence-electron chi connectivity index (χ2n) is 4.58. The maximum Gasteiger partial charge on any atom is 0.123 e. The zero-order valence-electron chi connectivity index (χ0n) is 9.95. The summed E-state index contributed by atoms with van der Waals surface area (Å²) < 4.78 is 6.38. The van der Waals surface area contributed by atoms with Gasteiger partial charge < -0.3 is 15.2 Å². The summed E-state index contributed by atoms with van der Waals surface area (Å²) in [6, 6.07) is 6.01. The van der Waals surface area contributed by atoms with E-state index < -0.39 is 0 Å². The van der Waals surface area contributed by atoms with Gasteiger partial charge in [0, 0.05) is 16.6 Å². The molecule has 0 aliphatic heterocycles. The van der Waals surface area contributed by atoms with Crippen molar-refractivity contribution < 1.29 is 9.84 Å². The molecule has 1 aromatic carbocycles. The molecule has 0 atom stereocenters. The molecule has 1 aliphatic carbocycles. The van der Waals surface area contributed by atoms with Gasteiger partial charge in [0.15, 0.2) is 0 Å². The zero-order valence-corrected chi connectivity index (χ0v) is 11.5. The van der Waals surface area contributed by atoms with E-state index in [0.717, 1.165) is 41.7 Å². The van der Waals surface area contributed by atoms with Crippen LogP contribution in [0.2, 0.25) is 0 Å². The van der Waals surface area contributed by atoms with Crippen LogP contribution in [-0.2, 0) is 6.54 Å². The first-order chi connectivity index (χ1) is 8.19. The topological polar surface area (TPSA) is 41.5 Å². The molecule has 0 bridgehead atoms. The summed E-state index contributed by atoms with van der Waals surface area (Å²) in [6.07, 6.45) is 1.80. The van der Waals surface area contributed by atoms with Crippen molar-refractivity contribution in [3.8, 4) is 5.75 Å². The van der Waals surface area contributed by atoms with Crippen molar-refractivity contribution in [3.63, 3.8) is 0 Å². The molecule has 0 amide bonds. The number of hydrogen-bond acceptors (Lipinski definition) is 3. The summed E-state index contributed by atoms with van der Waals surface area (Å²) in [5.74, 6) is 1.54. The van der Waals surface area contributed by atoms with E-state index in [4.69, 9.17) is 4.74 Å². The molecule has 94 valence electrons. The monoisotopic (exact) mass is 299 g/mol. The highest BCUT2D eigenvalue weighted by Crippen LogP contribution is 2.27. The molecule has 0 radical (unpaired) electrons. The highest BCUT2D eigenvalue weighted by atomic mass is 79.9. The average molecular weight is 300 g/mol. The number of nitrogens with one attached hydrogen (secondary N) is 1. The van der Waals surface area contributed by atoms with E-state index in [-0.39, 0.29) is 6.10 Å².